The van der Waals surface area contributed by atoms with Gasteiger partial charge in [-0.25, -0.2) is 4.39 Å². The van der Waals surface area contributed by atoms with Gasteiger partial charge in [-0.05, 0) is 41.5 Å². The summed E-state index contributed by atoms with van der Waals surface area (Å²) in [5, 5.41) is 10.1. The van der Waals surface area contributed by atoms with Crippen molar-refractivity contribution < 1.29 is 23.3 Å². The Morgan fingerprint density at radius 2 is 1.91 bits per heavy atom. The largest absolute Gasteiger partial charge is 0.487 e. The average Bonchev–Trinajstić information content (AvgIpc) is 3.23. The smallest absolute Gasteiger partial charge is 0.231 e. The van der Waals surface area contributed by atoms with Gasteiger partial charge < -0.3 is 24.7 Å². The highest BCUT2D eigenvalue weighted by Gasteiger charge is 2.33. The zero-order valence-electron chi connectivity index (χ0n) is 16.6. The van der Waals surface area contributed by atoms with E-state index in [-0.39, 0.29) is 30.7 Å². The first-order chi connectivity index (χ1) is 15.5. The Morgan fingerprint density at radius 1 is 1.09 bits per heavy atom. The molecule has 0 fully saturated rings. The van der Waals surface area contributed by atoms with Crippen molar-refractivity contribution in [2.75, 3.05) is 6.79 Å². The van der Waals surface area contributed by atoms with Crippen LogP contribution in [0.4, 0.5) is 4.39 Å². The Hall–Kier alpha value is -3.89. The van der Waals surface area contributed by atoms with Gasteiger partial charge in [0, 0.05) is 11.6 Å². The molecule has 0 amide bonds. The summed E-state index contributed by atoms with van der Waals surface area (Å²) in [7, 11) is 0. The van der Waals surface area contributed by atoms with Crippen molar-refractivity contribution >= 4 is 11.6 Å². The first-order valence-electron chi connectivity index (χ1n) is 9.71. The van der Waals surface area contributed by atoms with E-state index in [4.69, 9.17) is 36.3 Å². The van der Waals surface area contributed by atoms with E-state index >= 15 is 0 Å². The summed E-state index contributed by atoms with van der Waals surface area (Å²) in [5.74, 6) is 1.22. The Balaban J connectivity index is 1.48. The van der Waals surface area contributed by atoms with E-state index in [1.807, 2.05) is 6.07 Å². The number of rotatable bonds is 4. The summed E-state index contributed by atoms with van der Waals surface area (Å²) in [6, 6.07) is 17.0. The van der Waals surface area contributed by atoms with Gasteiger partial charge in [-0.2, -0.15) is 5.26 Å². The van der Waals surface area contributed by atoms with E-state index in [2.05, 4.69) is 6.07 Å². The number of halogens is 2. The van der Waals surface area contributed by atoms with Crippen LogP contribution in [0.25, 0.3) is 0 Å². The number of nitrogens with two attached hydrogens (primary N) is 1. The van der Waals surface area contributed by atoms with Crippen LogP contribution in [-0.2, 0) is 6.61 Å². The lowest BCUT2D eigenvalue weighted by molar-refractivity contribution is 0.174. The predicted octanol–water partition coefficient (Wildman–Crippen LogP) is 5.00. The van der Waals surface area contributed by atoms with Crippen LogP contribution in [-0.4, -0.2) is 6.79 Å². The van der Waals surface area contributed by atoms with Gasteiger partial charge >= 0.3 is 0 Å². The third kappa shape index (κ3) is 3.55. The second-order valence-electron chi connectivity index (χ2n) is 7.28. The molecule has 0 saturated carbocycles. The number of ether oxygens (including phenoxy) is 4. The van der Waals surface area contributed by atoms with Crippen LogP contribution in [0.5, 0.6) is 23.0 Å². The molecule has 0 aromatic heterocycles. The van der Waals surface area contributed by atoms with Gasteiger partial charge in [0.05, 0.1) is 10.9 Å². The predicted molar refractivity (Wildman–Crippen MR) is 114 cm³/mol. The number of benzene rings is 3. The van der Waals surface area contributed by atoms with Crippen molar-refractivity contribution in [2.24, 2.45) is 5.73 Å². The molecule has 6 nitrogen and oxygen atoms in total. The summed E-state index contributed by atoms with van der Waals surface area (Å²) in [6.45, 7) is 0.275. The van der Waals surface area contributed by atoms with Crippen molar-refractivity contribution in [1.29, 1.82) is 5.26 Å². The summed E-state index contributed by atoms with van der Waals surface area (Å²) in [4.78, 5) is 0. The Kier molecular flexibility index (Phi) is 5.00. The minimum atomic E-state index is -0.506. The first kappa shape index (κ1) is 20.0. The molecular weight excluding hydrogens is 435 g/mol. The number of hydrogen-bond acceptors (Lipinski definition) is 6. The molecule has 0 saturated heterocycles. The highest BCUT2D eigenvalue weighted by atomic mass is 35.5. The Morgan fingerprint density at radius 3 is 2.66 bits per heavy atom. The molecule has 160 valence electrons. The van der Waals surface area contributed by atoms with Crippen LogP contribution in [0.15, 0.2) is 66.1 Å². The highest BCUT2D eigenvalue weighted by Crippen LogP contribution is 2.48. The molecule has 2 heterocycles. The normalized spacial score (nSPS) is 16.2. The molecule has 1 unspecified atom stereocenters. The lowest BCUT2D eigenvalue weighted by Crippen LogP contribution is -2.21. The molecular formula is C24H16ClFN2O4. The molecule has 1 atom stereocenters. The van der Waals surface area contributed by atoms with Crippen LogP contribution in [0.1, 0.15) is 22.6 Å². The van der Waals surface area contributed by atoms with Crippen LogP contribution < -0.4 is 24.7 Å². The van der Waals surface area contributed by atoms with Crippen molar-refractivity contribution in [3.05, 3.63) is 93.6 Å². The lowest BCUT2D eigenvalue weighted by atomic mass is 9.83. The van der Waals surface area contributed by atoms with Gasteiger partial charge in [0.2, 0.25) is 12.7 Å². The molecule has 0 aliphatic carbocycles. The van der Waals surface area contributed by atoms with E-state index < -0.39 is 5.92 Å². The Labute approximate surface area is 188 Å². The molecule has 3 aromatic carbocycles. The molecule has 0 spiro atoms. The summed E-state index contributed by atoms with van der Waals surface area (Å²) in [5.41, 5.74) is 8.44. The zero-order chi connectivity index (χ0) is 22.2. The van der Waals surface area contributed by atoms with Crippen LogP contribution >= 0.6 is 11.6 Å². The molecule has 3 aromatic rings. The molecule has 2 N–H and O–H groups in total. The van der Waals surface area contributed by atoms with Crippen molar-refractivity contribution in [3.8, 4) is 29.1 Å². The van der Waals surface area contributed by atoms with Crippen LogP contribution in [0, 0.1) is 17.1 Å². The third-order valence-electron chi connectivity index (χ3n) is 5.28. The topological polar surface area (TPSA) is 86.7 Å². The third-order valence-corrected chi connectivity index (χ3v) is 5.58. The number of nitrogens with zero attached hydrogens (tertiary/aromatic N) is 1. The standard InChI is InChI=1S/C24H16ClFN2O4/c25-18-7-14(4-5-19(18)29-11-13-2-1-3-15(26)6-13)23-16-8-21-22(31-12-30-21)9-20(16)32-24(28)17(23)10-27/h1-9,23H,11-12,28H2. The molecule has 2 aliphatic rings. The second-order valence-corrected chi connectivity index (χ2v) is 7.68. The summed E-state index contributed by atoms with van der Waals surface area (Å²) in [6.07, 6.45) is 0. The van der Waals surface area contributed by atoms with Crippen LogP contribution in [0.2, 0.25) is 5.02 Å². The monoisotopic (exact) mass is 450 g/mol. The quantitative estimate of drug-likeness (QED) is 0.601. The molecule has 32 heavy (non-hydrogen) atoms. The fourth-order valence-electron chi connectivity index (χ4n) is 3.79. The summed E-state index contributed by atoms with van der Waals surface area (Å²) >= 11 is 6.49. The molecule has 2 aliphatic heterocycles. The maximum absolute atomic E-state index is 13.4. The zero-order valence-corrected chi connectivity index (χ0v) is 17.4. The van der Waals surface area contributed by atoms with E-state index in [0.717, 1.165) is 5.56 Å². The van der Waals surface area contributed by atoms with Gasteiger partial charge in [0.1, 0.15) is 35.6 Å². The number of hydrogen-bond donors (Lipinski definition) is 1. The van der Waals surface area contributed by atoms with E-state index in [1.165, 1.54) is 12.1 Å². The number of allylic oxidation sites excluding steroid dienone is 1. The fourth-order valence-corrected chi connectivity index (χ4v) is 4.04. The van der Waals surface area contributed by atoms with Crippen molar-refractivity contribution in [3.63, 3.8) is 0 Å². The number of fused-ring (bicyclic) bond motifs is 2. The minimum Gasteiger partial charge on any atom is -0.487 e. The van der Waals surface area contributed by atoms with Crippen molar-refractivity contribution in [1.82, 2.24) is 0 Å². The SMILES string of the molecule is N#CC1=C(N)Oc2cc3c(cc2C1c1ccc(OCc2cccc(F)c2)c(Cl)c1)OCO3. The molecule has 0 bridgehead atoms. The minimum absolute atomic E-state index is 0.0198. The van der Waals surface area contributed by atoms with Gasteiger partial charge in [0.25, 0.3) is 0 Å². The highest BCUT2D eigenvalue weighted by molar-refractivity contribution is 6.32. The van der Waals surface area contributed by atoms with E-state index in [0.29, 0.717) is 39.1 Å². The maximum Gasteiger partial charge on any atom is 0.231 e. The van der Waals surface area contributed by atoms with Gasteiger partial charge in [0.15, 0.2) is 11.5 Å². The Bertz CT molecular complexity index is 1300. The molecule has 8 heteroatoms. The molecule has 5 rings (SSSR count). The van der Waals surface area contributed by atoms with E-state index in [9.17, 15) is 9.65 Å². The van der Waals surface area contributed by atoms with E-state index in [1.54, 1.807) is 36.4 Å². The molecule has 0 radical (unpaired) electrons. The van der Waals surface area contributed by atoms with Gasteiger partial charge in [-0.1, -0.05) is 29.8 Å². The fraction of sp³-hybridized carbons (Fsp3) is 0.125. The summed E-state index contributed by atoms with van der Waals surface area (Å²) < 4.78 is 35.7. The average molecular weight is 451 g/mol. The van der Waals surface area contributed by atoms with Crippen molar-refractivity contribution in [2.45, 2.75) is 12.5 Å². The number of nitriles is 1. The second kappa shape index (κ2) is 7.98. The van der Waals surface area contributed by atoms with Crippen LogP contribution in [0.3, 0.4) is 0 Å². The lowest BCUT2D eigenvalue weighted by Gasteiger charge is -2.27. The first-order valence-corrected chi connectivity index (χ1v) is 10.1. The maximum atomic E-state index is 13.4. The van der Waals surface area contributed by atoms with Gasteiger partial charge in [-0.3, -0.25) is 0 Å². The van der Waals surface area contributed by atoms with Gasteiger partial charge in [-0.15, -0.1) is 0 Å².